The molecule has 6 nitrogen and oxygen atoms in total. The highest BCUT2D eigenvalue weighted by Gasteiger charge is 2.34. The molecule has 9 heteroatoms. The first-order chi connectivity index (χ1) is 12.9. The Morgan fingerprint density at radius 2 is 1.93 bits per heavy atom. The van der Waals surface area contributed by atoms with Crippen molar-refractivity contribution in [2.45, 2.75) is 24.4 Å². The third-order valence-electron chi connectivity index (χ3n) is 4.84. The molecule has 2 N–H and O–H groups in total. The van der Waals surface area contributed by atoms with E-state index < -0.39 is 15.8 Å². The number of piperazine rings is 1. The number of carbonyl (C=O) groups is 1. The molecule has 1 fully saturated rings. The van der Waals surface area contributed by atoms with Crippen molar-refractivity contribution >= 4 is 27.3 Å². The topological polar surface area (TPSA) is 70.9 Å². The number of carbonyl (C=O) groups excluding carboxylic acids is 1. The van der Waals surface area contributed by atoms with Gasteiger partial charge >= 0.3 is 0 Å². The van der Waals surface area contributed by atoms with Crippen LogP contribution in [0.25, 0.3) is 0 Å². The quantitative estimate of drug-likeness (QED) is 0.725. The molecule has 0 saturated carbocycles. The van der Waals surface area contributed by atoms with Crippen molar-refractivity contribution in [2.75, 3.05) is 26.2 Å². The molecule has 2 aromatic rings. The highest BCUT2D eigenvalue weighted by atomic mass is 32.2. The summed E-state index contributed by atoms with van der Waals surface area (Å²) in [6.07, 6.45) is 0. The van der Waals surface area contributed by atoms with Gasteiger partial charge in [-0.3, -0.25) is 4.79 Å². The van der Waals surface area contributed by atoms with Gasteiger partial charge in [-0.15, -0.1) is 11.3 Å². The van der Waals surface area contributed by atoms with E-state index in [1.807, 2.05) is 24.4 Å². The van der Waals surface area contributed by atoms with Crippen molar-refractivity contribution in [3.8, 4) is 0 Å². The number of benzene rings is 1. The van der Waals surface area contributed by atoms with Gasteiger partial charge in [0.05, 0.1) is 37.6 Å². The molecule has 27 heavy (non-hydrogen) atoms. The molecule has 1 amide bonds. The second-order valence-corrected chi connectivity index (χ2v) is 9.51. The molecule has 1 aromatic carbocycles. The lowest BCUT2D eigenvalue weighted by Gasteiger charge is -2.34. The van der Waals surface area contributed by atoms with E-state index in [1.54, 1.807) is 11.3 Å². The zero-order valence-corrected chi connectivity index (χ0v) is 16.7. The first kappa shape index (κ1) is 19.9. The molecule has 0 bridgehead atoms. The van der Waals surface area contributed by atoms with Gasteiger partial charge in [-0.1, -0.05) is 6.07 Å². The predicted octanol–water partition coefficient (Wildman–Crippen LogP) is 0.481. The van der Waals surface area contributed by atoms with Gasteiger partial charge in [-0.05, 0) is 42.6 Å². The fourth-order valence-corrected chi connectivity index (χ4v) is 5.21. The highest BCUT2D eigenvalue weighted by Crippen LogP contribution is 2.16. The van der Waals surface area contributed by atoms with Crippen LogP contribution in [-0.2, 0) is 21.4 Å². The van der Waals surface area contributed by atoms with E-state index in [1.165, 1.54) is 16.4 Å². The fraction of sp³-hybridized carbons (Fsp3) is 0.389. The Bertz CT molecular complexity index is 862. The zero-order chi connectivity index (χ0) is 19.4. The maximum Gasteiger partial charge on any atom is 0.278 e. The van der Waals surface area contributed by atoms with Gasteiger partial charge < -0.3 is 10.2 Å². The normalized spacial score (nSPS) is 17.6. The Morgan fingerprint density at radius 1 is 1.26 bits per heavy atom. The first-order valence-electron chi connectivity index (χ1n) is 8.78. The molecule has 0 unspecified atom stereocenters. The first-order valence-corrected chi connectivity index (χ1v) is 11.1. The molecule has 0 aliphatic carbocycles. The number of halogens is 1. The molecule has 3 rings (SSSR count). The van der Waals surface area contributed by atoms with Gasteiger partial charge in [0.15, 0.2) is 6.04 Å². The summed E-state index contributed by atoms with van der Waals surface area (Å²) in [5.41, 5.74) is 0. The van der Waals surface area contributed by atoms with Gasteiger partial charge in [0.1, 0.15) is 5.82 Å². The largest absolute Gasteiger partial charge is 0.346 e. The number of nitrogens with zero attached hydrogens (tertiary/aromatic N) is 1. The Labute approximate surface area is 162 Å². The Kier molecular flexibility index (Phi) is 6.25. The number of hydrogen-bond acceptors (Lipinski definition) is 4. The minimum atomic E-state index is -3.63. The Hall–Kier alpha value is -1.81. The van der Waals surface area contributed by atoms with Crippen LogP contribution < -0.4 is 10.2 Å². The van der Waals surface area contributed by atoms with Crippen LogP contribution >= 0.6 is 11.3 Å². The standard InChI is InChI=1S/C18H22FN3O3S2/c1-14(18(23)20-13-16-3-2-12-26-16)21-8-10-22(11-9-21)27(24,25)17-6-4-15(19)5-7-17/h2-7,12,14H,8-11,13H2,1H3,(H,20,23)/p+1/t14-/m0/s1. The maximum atomic E-state index is 13.0. The van der Waals surface area contributed by atoms with Crippen LogP contribution in [0, 0.1) is 5.82 Å². The van der Waals surface area contributed by atoms with Crippen LogP contribution in [0.4, 0.5) is 4.39 Å². The summed E-state index contributed by atoms with van der Waals surface area (Å²) in [4.78, 5) is 14.6. The van der Waals surface area contributed by atoms with Gasteiger partial charge in [0.25, 0.3) is 5.91 Å². The molecule has 146 valence electrons. The number of amides is 1. The van der Waals surface area contributed by atoms with Crippen LogP contribution in [-0.4, -0.2) is 50.9 Å². The van der Waals surface area contributed by atoms with Gasteiger partial charge in [0, 0.05) is 4.88 Å². The van der Waals surface area contributed by atoms with Crippen molar-refractivity contribution in [2.24, 2.45) is 0 Å². The van der Waals surface area contributed by atoms with E-state index >= 15 is 0 Å². The number of hydrogen-bond donors (Lipinski definition) is 2. The summed E-state index contributed by atoms with van der Waals surface area (Å²) < 4.78 is 39.8. The molecule has 1 aromatic heterocycles. The number of nitrogens with one attached hydrogen (secondary N) is 2. The Morgan fingerprint density at radius 3 is 2.52 bits per heavy atom. The van der Waals surface area contributed by atoms with Crippen molar-refractivity contribution in [1.29, 1.82) is 0 Å². The van der Waals surface area contributed by atoms with E-state index in [9.17, 15) is 17.6 Å². The van der Waals surface area contributed by atoms with E-state index in [0.29, 0.717) is 32.7 Å². The predicted molar refractivity (Wildman–Crippen MR) is 101 cm³/mol. The van der Waals surface area contributed by atoms with E-state index in [-0.39, 0.29) is 16.8 Å². The number of thiophene rings is 1. The SMILES string of the molecule is C[C@@H](C(=O)NCc1cccs1)[NH+]1CCN(S(=O)(=O)c2ccc(F)cc2)CC1. The van der Waals surface area contributed by atoms with Crippen LogP contribution in [0.5, 0.6) is 0 Å². The fourth-order valence-electron chi connectivity index (χ4n) is 3.13. The third kappa shape index (κ3) is 4.73. The van der Waals surface area contributed by atoms with E-state index in [0.717, 1.165) is 21.9 Å². The summed E-state index contributed by atoms with van der Waals surface area (Å²) in [5, 5.41) is 4.91. The molecule has 1 atom stereocenters. The number of quaternary nitrogens is 1. The van der Waals surface area contributed by atoms with Crippen LogP contribution in [0.1, 0.15) is 11.8 Å². The van der Waals surface area contributed by atoms with Gasteiger partial charge in [0.2, 0.25) is 10.0 Å². The molecule has 0 spiro atoms. The van der Waals surface area contributed by atoms with Crippen molar-refractivity contribution in [3.05, 3.63) is 52.5 Å². The molecular formula is C18H23FN3O3S2+. The second-order valence-electron chi connectivity index (χ2n) is 6.54. The van der Waals surface area contributed by atoms with Crippen molar-refractivity contribution in [3.63, 3.8) is 0 Å². The molecule has 0 radical (unpaired) electrons. The molecular weight excluding hydrogens is 389 g/mol. The highest BCUT2D eigenvalue weighted by molar-refractivity contribution is 7.89. The summed E-state index contributed by atoms with van der Waals surface area (Å²) in [7, 11) is -3.63. The van der Waals surface area contributed by atoms with Crippen LogP contribution in [0.3, 0.4) is 0 Å². The summed E-state index contributed by atoms with van der Waals surface area (Å²) in [5.74, 6) is -0.501. The van der Waals surface area contributed by atoms with E-state index in [4.69, 9.17) is 0 Å². The maximum absolute atomic E-state index is 13.0. The Balaban J connectivity index is 1.54. The third-order valence-corrected chi connectivity index (χ3v) is 7.63. The van der Waals surface area contributed by atoms with Crippen molar-refractivity contribution in [1.82, 2.24) is 9.62 Å². The number of rotatable bonds is 6. The minimum Gasteiger partial charge on any atom is -0.346 e. The van der Waals surface area contributed by atoms with Crippen LogP contribution in [0.2, 0.25) is 0 Å². The van der Waals surface area contributed by atoms with Gasteiger partial charge in [-0.2, -0.15) is 4.31 Å². The lowest BCUT2D eigenvalue weighted by molar-refractivity contribution is -0.917. The summed E-state index contributed by atoms with van der Waals surface area (Å²) in [6, 6.07) is 8.53. The number of sulfonamides is 1. The lowest BCUT2D eigenvalue weighted by atomic mass is 10.2. The molecule has 1 aliphatic heterocycles. The van der Waals surface area contributed by atoms with Crippen molar-refractivity contribution < 1.29 is 22.5 Å². The monoisotopic (exact) mass is 412 g/mol. The molecule has 1 saturated heterocycles. The van der Waals surface area contributed by atoms with Crippen LogP contribution in [0.15, 0.2) is 46.7 Å². The summed E-state index contributed by atoms with van der Waals surface area (Å²) >= 11 is 1.60. The zero-order valence-electron chi connectivity index (χ0n) is 15.0. The lowest BCUT2D eigenvalue weighted by Crippen LogP contribution is -3.19. The second kappa shape index (κ2) is 8.47. The summed E-state index contributed by atoms with van der Waals surface area (Å²) in [6.45, 7) is 4.14. The van der Waals surface area contributed by atoms with Gasteiger partial charge in [-0.25, -0.2) is 12.8 Å². The smallest absolute Gasteiger partial charge is 0.278 e. The molecule has 1 aliphatic rings. The average Bonchev–Trinajstić information content (AvgIpc) is 3.19. The minimum absolute atomic E-state index is 0.0340. The average molecular weight is 413 g/mol. The molecule has 2 heterocycles. The van der Waals surface area contributed by atoms with E-state index in [2.05, 4.69) is 5.32 Å².